The number of ether oxygens (including phenoxy) is 3. The molecule has 0 fully saturated rings. The van der Waals surface area contributed by atoms with E-state index in [4.69, 9.17) is 25.8 Å². The highest BCUT2D eigenvalue weighted by Crippen LogP contribution is 2.33. The molecule has 2 rings (SSSR count). The molecule has 0 bridgehead atoms. The first-order valence-corrected chi connectivity index (χ1v) is 7.75. The van der Waals surface area contributed by atoms with E-state index in [-0.39, 0.29) is 23.6 Å². The topological polar surface area (TPSA) is 73.9 Å². The fraction of sp³-hybridized carbons (Fsp3) is 0.222. The molecule has 0 aliphatic carbocycles. The average molecular weight is 364 g/mol. The molecule has 132 valence electrons. The lowest BCUT2D eigenvalue weighted by atomic mass is 10.1. The van der Waals surface area contributed by atoms with Crippen molar-refractivity contribution in [1.29, 1.82) is 0 Å². The second kappa shape index (κ2) is 8.39. The van der Waals surface area contributed by atoms with Gasteiger partial charge in [0.05, 0.1) is 39.0 Å². The molecule has 6 nitrogen and oxygen atoms in total. The van der Waals surface area contributed by atoms with Crippen LogP contribution in [0.25, 0.3) is 0 Å². The van der Waals surface area contributed by atoms with Crippen molar-refractivity contribution in [2.75, 3.05) is 26.6 Å². The number of amides is 1. The van der Waals surface area contributed by atoms with Crippen LogP contribution < -0.4 is 14.8 Å². The minimum absolute atomic E-state index is 0.107. The van der Waals surface area contributed by atoms with E-state index in [9.17, 15) is 9.59 Å². The lowest BCUT2D eigenvalue weighted by Crippen LogP contribution is -2.17. The van der Waals surface area contributed by atoms with Gasteiger partial charge in [-0.1, -0.05) is 23.7 Å². The first-order valence-electron chi connectivity index (χ1n) is 7.37. The third-order valence-corrected chi connectivity index (χ3v) is 3.69. The second-order valence-corrected chi connectivity index (χ2v) is 5.54. The van der Waals surface area contributed by atoms with Crippen LogP contribution in [0.3, 0.4) is 0 Å². The Morgan fingerprint density at radius 3 is 2.32 bits per heavy atom. The molecular weight excluding hydrogens is 346 g/mol. The molecule has 0 atom stereocenters. The van der Waals surface area contributed by atoms with Crippen molar-refractivity contribution >= 4 is 29.2 Å². The molecule has 0 spiro atoms. The van der Waals surface area contributed by atoms with Crippen LogP contribution in [0, 0.1) is 0 Å². The Labute approximate surface area is 150 Å². The van der Waals surface area contributed by atoms with Crippen molar-refractivity contribution < 1.29 is 23.8 Å². The highest BCUT2D eigenvalue weighted by atomic mass is 35.5. The van der Waals surface area contributed by atoms with E-state index in [1.807, 2.05) is 0 Å². The molecule has 0 radical (unpaired) electrons. The van der Waals surface area contributed by atoms with Gasteiger partial charge >= 0.3 is 5.97 Å². The zero-order valence-electron chi connectivity index (χ0n) is 14.1. The van der Waals surface area contributed by atoms with Gasteiger partial charge in [-0.2, -0.15) is 0 Å². The molecule has 0 unspecified atom stereocenters. The minimum atomic E-state index is -0.598. The van der Waals surface area contributed by atoms with Gasteiger partial charge in [-0.3, -0.25) is 4.79 Å². The molecule has 1 N–H and O–H groups in total. The van der Waals surface area contributed by atoms with Gasteiger partial charge < -0.3 is 19.5 Å². The average Bonchev–Trinajstić information content (AvgIpc) is 2.60. The predicted octanol–water partition coefficient (Wildman–Crippen LogP) is 3.33. The van der Waals surface area contributed by atoms with Crippen molar-refractivity contribution in [3.05, 3.63) is 52.5 Å². The number of carbonyl (C=O) groups is 2. The summed E-state index contributed by atoms with van der Waals surface area (Å²) in [5, 5.41) is 3.25. The molecule has 0 saturated heterocycles. The fourth-order valence-corrected chi connectivity index (χ4v) is 2.50. The van der Waals surface area contributed by atoms with Gasteiger partial charge in [0, 0.05) is 17.2 Å². The first-order chi connectivity index (χ1) is 12.0. The molecule has 0 aromatic heterocycles. The van der Waals surface area contributed by atoms with Crippen LogP contribution in [0.4, 0.5) is 5.69 Å². The van der Waals surface area contributed by atoms with Crippen molar-refractivity contribution in [1.82, 2.24) is 0 Å². The summed E-state index contributed by atoms with van der Waals surface area (Å²) in [5.74, 6) is -0.164. The lowest BCUT2D eigenvalue weighted by Gasteiger charge is -2.14. The normalized spacial score (nSPS) is 10.1. The summed E-state index contributed by atoms with van der Waals surface area (Å²) in [5.41, 5.74) is 1.20. The number of rotatable bonds is 6. The third-order valence-electron chi connectivity index (χ3n) is 3.46. The summed E-state index contributed by atoms with van der Waals surface area (Å²) in [6.45, 7) is 0. The number of hydrogen-bond donors (Lipinski definition) is 1. The van der Waals surface area contributed by atoms with Crippen LogP contribution in [0.2, 0.25) is 5.02 Å². The maximum atomic E-state index is 12.3. The molecule has 0 aliphatic rings. The summed E-state index contributed by atoms with van der Waals surface area (Å²) in [7, 11) is 4.18. The van der Waals surface area contributed by atoms with E-state index in [0.717, 1.165) is 5.56 Å². The standard InChI is InChI=1S/C18H18ClNO5/c1-23-15-9-13(18(22)25-3)14(10-16(15)24-2)20-17(21)8-11-5-4-6-12(19)7-11/h4-7,9-10H,8H2,1-3H3,(H,20,21). The summed E-state index contributed by atoms with van der Waals surface area (Å²) in [6.07, 6.45) is 0.107. The molecule has 1 amide bonds. The number of carbonyl (C=O) groups excluding carboxylic acids is 2. The number of methoxy groups -OCH3 is 3. The Morgan fingerprint density at radius 1 is 1.04 bits per heavy atom. The van der Waals surface area contributed by atoms with Gasteiger partial charge in [-0.05, 0) is 17.7 Å². The molecule has 0 saturated carbocycles. The number of hydrogen-bond acceptors (Lipinski definition) is 5. The molecular formula is C18H18ClNO5. The highest BCUT2D eigenvalue weighted by molar-refractivity contribution is 6.30. The van der Waals surface area contributed by atoms with Crippen molar-refractivity contribution in [3.8, 4) is 11.5 Å². The van der Waals surface area contributed by atoms with Crippen molar-refractivity contribution in [2.45, 2.75) is 6.42 Å². The van der Waals surface area contributed by atoms with Crippen LogP contribution in [-0.4, -0.2) is 33.2 Å². The second-order valence-electron chi connectivity index (χ2n) is 5.10. The zero-order chi connectivity index (χ0) is 18.4. The number of benzene rings is 2. The maximum Gasteiger partial charge on any atom is 0.340 e. The van der Waals surface area contributed by atoms with Gasteiger partial charge in [-0.25, -0.2) is 4.79 Å². The number of anilines is 1. The van der Waals surface area contributed by atoms with Crippen LogP contribution in [-0.2, 0) is 16.0 Å². The third kappa shape index (κ3) is 4.64. The van der Waals surface area contributed by atoms with E-state index in [1.54, 1.807) is 24.3 Å². The Hall–Kier alpha value is -2.73. The smallest absolute Gasteiger partial charge is 0.340 e. The van der Waals surface area contributed by atoms with Crippen LogP contribution in [0.15, 0.2) is 36.4 Å². The van der Waals surface area contributed by atoms with Gasteiger partial charge in [0.2, 0.25) is 5.91 Å². The van der Waals surface area contributed by atoms with E-state index in [1.165, 1.54) is 33.5 Å². The van der Waals surface area contributed by atoms with Crippen LogP contribution in [0.5, 0.6) is 11.5 Å². The molecule has 2 aromatic carbocycles. The Kier molecular flexibility index (Phi) is 6.25. The monoisotopic (exact) mass is 363 g/mol. The SMILES string of the molecule is COC(=O)c1cc(OC)c(OC)cc1NC(=O)Cc1cccc(Cl)c1. The van der Waals surface area contributed by atoms with Crippen molar-refractivity contribution in [2.24, 2.45) is 0 Å². The van der Waals surface area contributed by atoms with Crippen molar-refractivity contribution in [3.63, 3.8) is 0 Å². The van der Waals surface area contributed by atoms with Gasteiger partial charge in [-0.15, -0.1) is 0 Å². The first kappa shape index (κ1) is 18.6. The Balaban J connectivity index is 2.30. The summed E-state index contributed by atoms with van der Waals surface area (Å²) in [4.78, 5) is 24.3. The molecule has 0 aliphatic heterocycles. The molecule has 2 aromatic rings. The number of halogens is 1. The number of esters is 1. The molecule has 7 heteroatoms. The van der Waals surface area contributed by atoms with E-state index in [2.05, 4.69) is 5.32 Å². The highest BCUT2D eigenvalue weighted by Gasteiger charge is 2.19. The molecule has 0 heterocycles. The largest absolute Gasteiger partial charge is 0.493 e. The molecule has 25 heavy (non-hydrogen) atoms. The summed E-state index contributed by atoms with van der Waals surface area (Å²) >= 11 is 5.92. The fourth-order valence-electron chi connectivity index (χ4n) is 2.29. The number of nitrogens with one attached hydrogen (secondary N) is 1. The van der Waals surface area contributed by atoms with Crippen LogP contribution >= 0.6 is 11.6 Å². The zero-order valence-corrected chi connectivity index (χ0v) is 14.8. The summed E-state index contributed by atoms with van der Waals surface area (Å²) < 4.78 is 15.2. The Morgan fingerprint density at radius 2 is 1.72 bits per heavy atom. The lowest BCUT2D eigenvalue weighted by molar-refractivity contribution is -0.115. The van der Waals surface area contributed by atoms with Gasteiger partial charge in [0.25, 0.3) is 0 Å². The quantitative estimate of drug-likeness (QED) is 0.797. The van der Waals surface area contributed by atoms with Gasteiger partial charge in [0.1, 0.15) is 0 Å². The van der Waals surface area contributed by atoms with E-state index in [0.29, 0.717) is 16.5 Å². The van der Waals surface area contributed by atoms with Crippen LogP contribution in [0.1, 0.15) is 15.9 Å². The Bertz CT molecular complexity index is 791. The van der Waals surface area contributed by atoms with E-state index >= 15 is 0 Å². The predicted molar refractivity (Wildman–Crippen MR) is 94.7 cm³/mol. The summed E-state index contributed by atoms with van der Waals surface area (Å²) in [6, 6.07) is 9.97. The minimum Gasteiger partial charge on any atom is -0.493 e. The van der Waals surface area contributed by atoms with Gasteiger partial charge in [0.15, 0.2) is 11.5 Å². The maximum absolute atomic E-state index is 12.3. The van der Waals surface area contributed by atoms with E-state index < -0.39 is 5.97 Å².